The molecular weight excluding hydrogens is 218 g/mol. The monoisotopic (exact) mass is 237 g/mol. The third-order valence-electron chi connectivity index (χ3n) is 3.15. The molecule has 3 heteroatoms. The van der Waals surface area contributed by atoms with Crippen molar-refractivity contribution >= 4 is 11.8 Å². The second-order valence-electron chi connectivity index (χ2n) is 4.16. The van der Waals surface area contributed by atoms with Crippen LogP contribution >= 0.6 is 11.8 Å². The van der Waals surface area contributed by atoms with Crippen molar-refractivity contribution in [1.82, 2.24) is 5.32 Å². The summed E-state index contributed by atoms with van der Waals surface area (Å²) >= 11 is 1.97. The van der Waals surface area contributed by atoms with E-state index in [1.807, 2.05) is 17.8 Å². The van der Waals surface area contributed by atoms with Gasteiger partial charge >= 0.3 is 0 Å². The lowest BCUT2D eigenvalue weighted by molar-refractivity contribution is 0.413. The van der Waals surface area contributed by atoms with Crippen molar-refractivity contribution in [2.75, 3.05) is 14.2 Å². The van der Waals surface area contributed by atoms with Gasteiger partial charge in [0.1, 0.15) is 5.75 Å². The number of ether oxygens (including phenoxy) is 1. The molecule has 1 saturated carbocycles. The zero-order chi connectivity index (χ0) is 11.4. The molecule has 1 aliphatic rings. The molecule has 16 heavy (non-hydrogen) atoms. The molecule has 0 aromatic heterocycles. The van der Waals surface area contributed by atoms with Crippen LogP contribution in [0.1, 0.15) is 19.3 Å². The summed E-state index contributed by atoms with van der Waals surface area (Å²) in [6, 6.07) is 9.00. The zero-order valence-corrected chi connectivity index (χ0v) is 10.7. The molecular formula is C13H19NOS. The van der Waals surface area contributed by atoms with Crippen molar-refractivity contribution in [1.29, 1.82) is 0 Å². The van der Waals surface area contributed by atoms with Gasteiger partial charge in [-0.1, -0.05) is 12.5 Å². The van der Waals surface area contributed by atoms with Gasteiger partial charge in [0.05, 0.1) is 7.11 Å². The molecule has 0 spiro atoms. The maximum atomic E-state index is 5.24. The highest BCUT2D eigenvalue weighted by Gasteiger charge is 2.26. The van der Waals surface area contributed by atoms with Gasteiger partial charge in [-0.15, -0.1) is 11.8 Å². The normalized spacial score (nSPS) is 24.6. The van der Waals surface area contributed by atoms with E-state index in [9.17, 15) is 0 Å². The van der Waals surface area contributed by atoms with Crippen molar-refractivity contribution in [3.05, 3.63) is 24.3 Å². The summed E-state index contributed by atoms with van der Waals surface area (Å²) in [5.41, 5.74) is 0. The molecule has 0 radical (unpaired) electrons. The third kappa shape index (κ3) is 2.71. The van der Waals surface area contributed by atoms with Crippen LogP contribution in [0.2, 0.25) is 0 Å². The highest BCUT2D eigenvalue weighted by Crippen LogP contribution is 2.35. The zero-order valence-electron chi connectivity index (χ0n) is 9.90. The standard InChI is InChI=1S/C13H19NOS/c1-14-12-7-4-8-13(12)16-11-6-3-5-10(9-11)15-2/h3,5-6,9,12-14H,4,7-8H2,1-2H3. The number of methoxy groups -OCH3 is 1. The van der Waals surface area contributed by atoms with Gasteiger partial charge in [-0.2, -0.15) is 0 Å². The van der Waals surface area contributed by atoms with Crippen LogP contribution in [0.15, 0.2) is 29.2 Å². The smallest absolute Gasteiger partial charge is 0.119 e. The topological polar surface area (TPSA) is 21.3 Å². The fraction of sp³-hybridized carbons (Fsp3) is 0.538. The highest BCUT2D eigenvalue weighted by molar-refractivity contribution is 8.00. The largest absolute Gasteiger partial charge is 0.497 e. The average molecular weight is 237 g/mol. The second kappa shape index (κ2) is 5.60. The van der Waals surface area contributed by atoms with Crippen molar-refractivity contribution in [2.45, 2.75) is 35.4 Å². The summed E-state index contributed by atoms with van der Waals surface area (Å²) < 4.78 is 5.24. The van der Waals surface area contributed by atoms with Crippen molar-refractivity contribution in [3.63, 3.8) is 0 Å². The SMILES string of the molecule is CNC1CCCC1Sc1cccc(OC)c1. The molecule has 2 unspecified atom stereocenters. The molecule has 1 aliphatic carbocycles. The first-order valence-corrected chi connectivity index (χ1v) is 6.69. The van der Waals surface area contributed by atoms with Crippen LogP contribution < -0.4 is 10.1 Å². The molecule has 88 valence electrons. The Morgan fingerprint density at radius 2 is 2.25 bits per heavy atom. The van der Waals surface area contributed by atoms with E-state index in [1.54, 1.807) is 7.11 Å². The molecule has 1 aromatic rings. The quantitative estimate of drug-likeness (QED) is 0.870. The maximum Gasteiger partial charge on any atom is 0.119 e. The van der Waals surface area contributed by atoms with Crippen LogP contribution in [-0.4, -0.2) is 25.4 Å². The van der Waals surface area contributed by atoms with Gasteiger partial charge in [0, 0.05) is 16.2 Å². The van der Waals surface area contributed by atoms with Crippen molar-refractivity contribution in [3.8, 4) is 5.75 Å². The van der Waals surface area contributed by atoms with Crippen LogP contribution in [0.5, 0.6) is 5.75 Å². The van der Waals surface area contributed by atoms with Crippen LogP contribution in [0.3, 0.4) is 0 Å². The van der Waals surface area contributed by atoms with Gasteiger partial charge in [0.2, 0.25) is 0 Å². The van der Waals surface area contributed by atoms with E-state index in [0.29, 0.717) is 11.3 Å². The number of benzene rings is 1. The Bertz CT molecular complexity index is 342. The number of hydrogen-bond acceptors (Lipinski definition) is 3. The maximum absolute atomic E-state index is 5.24. The number of hydrogen-bond donors (Lipinski definition) is 1. The second-order valence-corrected chi connectivity index (χ2v) is 5.47. The van der Waals surface area contributed by atoms with Gasteiger partial charge < -0.3 is 10.1 Å². The summed E-state index contributed by atoms with van der Waals surface area (Å²) in [6.07, 6.45) is 3.96. The Morgan fingerprint density at radius 1 is 1.38 bits per heavy atom. The fourth-order valence-corrected chi connectivity index (χ4v) is 3.66. The summed E-state index contributed by atoms with van der Waals surface area (Å²) in [6.45, 7) is 0. The molecule has 1 aromatic carbocycles. The van der Waals surface area contributed by atoms with Crippen LogP contribution in [0.4, 0.5) is 0 Å². The highest BCUT2D eigenvalue weighted by atomic mass is 32.2. The third-order valence-corrected chi connectivity index (χ3v) is 4.55. The summed E-state index contributed by atoms with van der Waals surface area (Å²) in [7, 11) is 3.78. The van der Waals surface area contributed by atoms with Gasteiger partial charge in [-0.25, -0.2) is 0 Å². The predicted octanol–water partition coefficient (Wildman–Crippen LogP) is 2.93. The van der Waals surface area contributed by atoms with E-state index in [0.717, 1.165) is 5.75 Å². The molecule has 0 aliphatic heterocycles. The van der Waals surface area contributed by atoms with Crippen LogP contribution in [0.25, 0.3) is 0 Å². The van der Waals surface area contributed by atoms with E-state index >= 15 is 0 Å². The van der Waals surface area contributed by atoms with E-state index in [4.69, 9.17) is 4.74 Å². The predicted molar refractivity (Wildman–Crippen MR) is 69.3 cm³/mol. The van der Waals surface area contributed by atoms with Crippen LogP contribution in [-0.2, 0) is 0 Å². The first-order valence-electron chi connectivity index (χ1n) is 5.81. The van der Waals surface area contributed by atoms with E-state index < -0.39 is 0 Å². The van der Waals surface area contributed by atoms with E-state index in [-0.39, 0.29) is 0 Å². The molecule has 0 amide bonds. The molecule has 2 rings (SSSR count). The Balaban J connectivity index is 2.02. The Hall–Kier alpha value is -0.670. The van der Waals surface area contributed by atoms with Gasteiger partial charge in [-0.05, 0) is 38.1 Å². The minimum atomic E-state index is 0.663. The molecule has 0 bridgehead atoms. The Kier molecular flexibility index (Phi) is 4.13. The fourth-order valence-electron chi connectivity index (χ4n) is 2.25. The van der Waals surface area contributed by atoms with Gasteiger partial charge in [-0.3, -0.25) is 0 Å². The Morgan fingerprint density at radius 3 is 3.00 bits per heavy atom. The lowest BCUT2D eigenvalue weighted by atomic mass is 10.2. The van der Waals surface area contributed by atoms with E-state index in [1.165, 1.54) is 24.2 Å². The summed E-state index contributed by atoms with van der Waals surface area (Å²) in [5.74, 6) is 0.948. The van der Waals surface area contributed by atoms with Gasteiger partial charge in [0.25, 0.3) is 0 Å². The molecule has 1 fully saturated rings. The van der Waals surface area contributed by atoms with Crippen LogP contribution in [0, 0.1) is 0 Å². The van der Waals surface area contributed by atoms with Gasteiger partial charge in [0.15, 0.2) is 0 Å². The molecule has 0 heterocycles. The average Bonchev–Trinajstić information content (AvgIpc) is 2.76. The minimum absolute atomic E-state index is 0.663. The number of thioether (sulfide) groups is 1. The molecule has 0 saturated heterocycles. The molecule has 2 atom stereocenters. The Labute approximate surface area is 102 Å². The van der Waals surface area contributed by atoms with E-state index in [2.05, 4.69) is 30.6 Å². The first-order chi connectivity index (χ1) is 7.83. The molecule has 2 nitrogen and oxygen atoms in total. The summed E-state index contributed by atoms with van der Waals surface area (Å²) in [5, 5.41) is 4.12. The lowest BCUT2D eigenvalue weighted by Crippen LogP contribution is -2.30. The minimum Gasteiger partial charge on any atom is -0.497 e. The van der Waals surface area contributed by atoms with Crippen molar-refractivity contribution in [2.24, 2.45) is 0 Å². The molecule has 1 N–H and O–H groups in total. The lowest BCUT2D eigenvalue weighted by Gasteiger charge is -2.18. The number of nitrogens with one attached hydrogen (secondary N) is 1. The summed E-state index contributed by atoms with van der Waals surface area (Å²) in [4.78, 5) is 1.31. The first kappa shape index (κ1) is 11.8. The number of rotatable bonds is 4. The van der Waals surface area contributed by atoms with Crippen molar-refractivity contribution < 1.29 is 4.74 Å².